The Balaban J connectivity index is 1.78. The zero-order valence-electron chi connectivity index (χ0n) is 15.4. The molecule has 2 aliphatic rings. The number of esters is 1. The Kier molecular flexibility index (Phi) is 5.16. The maximum Gasteiger partial charge on any atom is 0.338 e. The third kappa shape index (κ3) is 4.29. The van der Waals surface area contributed by atoms with Crippen molar-refractivity contribution in [2.75, 3.05) is 13.2 Å². The Bertz CT molecular complexity index is 668. The highest BCUT2D eigenvalue weighted by molar-refractivity contribution is 5.94. The molecule has 0 spiro atoms. The molecule has 2 saturated heterocycles. The summed E-state index contributed by atoms with van der Waals surface area (Å²) in [6.07, 6.45) is -2.68. The fourth-order valence-corrected chi connectivity index (χ4v) is 2.95. The third-order valence-corrected chi connectivity index (χ3v) is 4.22. The first-order valence-electron chi connectivity index (χ1n) is 8.60. The minimum Gasteiger partial charge on any atom is -0.448 e. The summed E-state index contributed by atoms with van der Waals surface area (Å²) in [6.45, 7) is 7.18. The number of rotatable bonds is 5. The fourth-order valence-electron chi connectivity index (χ4n) is 2.95. The van der Waals surface area contributed by atoms with Crippen LogP contribution >= 0.6 is 0 Å². The number of ketones is 1. The minimum atomic E-state index is -1.15. The van der Waals surface area contributed by atoms with Gasteiger partial charge in [-0.3, -0.25) is 4.79 Å². The summed E-state index contributed by atoms with van der Waals surface area (Å²) in [5, 5.41) is 0. The summed E-state index contributed by atoms with van der Waals surface area (Å²) in [5.41, 5.74) is 0.354. The Labute approximate surface area is 152 Å². The largest absolute Gasteiger partial charge is 0.448 e. The second-order valence-corrected chi connectivity index (χ2v) is 7.28. The van der Waals surface area contributed by atoms with Crippen LogP contribution in [0.3, 0.4) is 0 Å². The number of hydrogen-bond donors (Lipinski definition) is 0. The predicted octanol–water partition coefficient (Wildman–Crippen LogP) is 2.08. The number of Topliss-reactive ketones (excluding diaryl/α,β-unsaturated/α-hetero) is 1. The Morgan fingerprint density at radius 3 is 2.15 bits per heavy atom. The highest BCUT2D eigenvalue weighted by Crippen LogP contribution is 2.29. The SMILES string of the molecule is CC1(C)OCC(C(=O)C(OC(=O)c2ccccc2)C2COC(C)(C)O2)O1. The average molecular weight is 364 g/mol. The molecule has 0 saturated carbocycles. The van der Waals surface area contributed by atoms with Gasteiger partial charge in [-0.2, -0.15) is 0 Å². The van der Waals surface area contributed by atoms with Crippen molar-refractivity contribution in [3.63, 3.8) is 0 Å². The van der Waals surface area contributed by atoms with E-state index in [0.29, 0.717) is 5.56 Å². The molecule has 7 nitrogen and oxygen atoms in total. The van der Waals surface area contributed by atoms with Gasteiger partial charge in [0.2, 0.25) is 5.78 Å². The van der Waals surface area contributed by atoms with Crippen LogP contribution in [-0.2, 0) is 28.5 Å². The molecular weight excluding hydrogens is 340 g/mol. The van der Waals surface area contributed by atoms with E-state index in [0.717, 1.165) is 0 Å². The molecule has 0 aliphatic carbocycles. The second kappa shape index (κ2) is 7.08. The molecule has 1 aromatic rings. The van der Waals surface area contributed by atoms with E-state index < -0.39 is 41.6 Å². The predicted molar refractivity (Wildman–Crippen MR) is 90.5 cm³/mol. The van der Waals surface area contributed by atoms with Gasteiger partial charge in [-0.05, 0) is 39.8 Å². The van der Waals surface area contributed by atoms with E-state index in [1.165, 1.54) is 0 Å². The molecule has 2 fully saturated rings. The van der Waals surface area contributed by atoms with Crippen molar-refractivity contribution in [2.24, 2.45) is 0 Å². The van der Waals surface area contributed by atoms with Crippen LogP contribution in [0.2, 0.25) is 0 Å². The van der Waals surface area contributed by atoms with Gasteiger partial charge < -0.3 is 23.7 Å². The summed E-state index contributed by atoms with van der Waals surface area (Å²) < 4.78 is 27.9. The molecule has 3 unspecified atom stereocenters. The zero-order chi connectivity index (χ0) is 18.9. The van der Waals surface area contributed by atoms with Crippen LogP contribution in [-0.4, -0.2) is 54.9 Å². The van der Waals surface area contributed by atoms with E-state index in [1.807, 2.05) is 0 Å². The molecule has 7 heteroatoms. The van der Waals surface area contributed by atoms with E-state index >= 15 is 0 Å². The number of carbonyl (C=O) groups excluding carboxylic acids is 2. The molecule has 0 aromatic heterocycles. The summed E-state index contributed by atoms with van der Waals surface area (Å²) >= 11 is 0. The Morgan fingerprint density at radius 1 is 1.00 bits per heavy atom. The van der Waals surface area contributed by atoms with Gasteiger partial charge in [0.1, 0.15) is 12.2 Å². The van der Waals surface area contributed by atoms with Gasteiger partial charge in [0.05, 0.1) is 18.8 Å². The van der Waals surface area contributed by atoms with Crippen molar-refractivity contribution in [3.05, 3.63) is 35.9 Å². The lowest BCUT2D eigenvalue weighted by atomic mass is 10.1. The minimum absolute atomic E-state index is 0.0994. The van der Waals surface area contributed by atoms with Crippen LogP contribution < -0.4 is 0 Å². The van der Waals surface area contributed by atoms with Crippen LogP contribution in [0.4, 0.5) is 0 Å². The van der Waals surface area contributed by atoms with Gasteiger partial charge >= 0.3 is 5.97 Å². The van der Waals surface area contributed by atoms with Gasteiger partial charge in [-0.25, -0.2) is 4.79 Å². The monoisotopic (exact) mass is 364 g/mol. The maximum absolute atomic E-state index is 13.0. The van der Waals surface area contributed by atoms with E-state index in [4.69, 9.17) is 23.7 Å². The molecule has 0 radical (unpaired) electrons. The molecule has 0 amide bonds. The third-order valence-electron chi connectivity index (χ3n) is 4.22. The maximum atomic E-state index is 13.0. The van der Waals surface area contributed by atoms with Crippen molar-refractivity contribution >= 4 is 11.8 Å². The van der Waals surface area contributed by atoms with Crippen molar-refractivity contribution < 1.29 is 33.3 Å². The van der Waals surface area contributed by atoms with Gasteiger partial charge in [0, 0.05) is 0 Å². The molecule has 3 atom stereocenters. The molecule has 1 aromatic carbocycles. The molecule has 0 N–H and O–H groups in total. The number of carbonyl (C=O) groups is 2. The van der Waals surface area contributed by atoms with E-state index in [2.05, 4.69) is 0 Å². The lowest BCUT2D eigenvalue weighted by Gasteiger charge is -2.25. The quantitative estimate of drug-likeness (QED) is 0.740. The average Bonchev–Trinajstić information content (AvgIpc) is 3.14. The standard InChI is InChI=1S/C19H24O7/c1-18(2)22-10-13(25-18)15(20)16(14-11-23-19(3,4)26-14)24-17(21)12-8-6-5-7-9-12/h5-9,13-14,16H,10-11H2,1-4H3. The molecule has 2 heterocycles. The molecular formula is C19H24O7. The number of benzene rings is 1. The molecule has 0 bridgehead atoms. The van der Waals surface area contributed by atoms with Crippen LogP contribution in [0.1, 0.15) is 38.1 Å². The Morgan fingerprint density at radius 2 is 1.62 bits per heavy atom. The van der Waals surface area contributed by atoms with Gasteiger partial charge in [0.15, 0.2) is 17.7 Å². The Hall–Kier alpha value is -1.80. The number of ether oxygens (including phenoxy) is 5. The molecule has 26 heavy (non-hydrogen) atoms. The zero-order valence-corrected chi connectivity index (χ0v) is 15.4. The van der Waals surface area contributed by atoms with Crippen molar-refractivity contribution in [2.45, 2.75) is 57.6 Å². The van der Waals surface area contributed by atoms with Gasteiger partial charge in [0.25, 0.3) is 0 Å². The lowest BCUT2D eigenvalue weighted by Crippen LogP contribution is -2.46. The molecule has 2 aliphatic heterocycles. The van der Waals surface area contributed by atoms with Crippen LogP contribution in [0.15, 0.2) is 30.3 Å². The summed E-state index contributed by atoms with van der Waals surface area (Å²) in [4.78, 5) is 25.5. The van der Waals surface area contributed by atoms with E-state index in [-0.39, 0.29) is 13.2 Å². The summed E-state index contributed by atoms with van der Waals surface area (Å²) in [6, 6.07) is 8.49. The van der Waals surface area contributed by atoms with Gasteiger partial charge in [-0.15, -0.1) is 0 Å². The highest BCUT2D eigenvalue weighted by Gasteiger charge is 2.47. The van der Waals surface area contributed by atoms with E-state index in [1.54, 1.807) is 58.0 Å². The second-order valence-electron chi connectivity index (χ2n) is 7.28. The van der Waals surface area contributed by atoms with Crippen LogP contribution in [0.5, 0.6) is 0 Å². The normalized spacial score (nSPS) is 27.8. The van der Waals surface area contributed by atoms with Crippen LogP contribution in [0, 0.1) is 0 Å². The van der Waals surface area contributed by atoms with E-state index in [9.17, 15) is 9.59 Å². The summed E-state index contributed by atoms with van der Waals surface area (Å²) in [5.74, 6) is -2.71. The van der Waals surface area contributed by atoms with Gasteiger partial charge in [-0.1, -0.05) is 18.2 Å². The topological polar surface area (TPSA) is 80.3 Å². The highest BCUT2D eigenvalue weighted by atomic mass is 16.8. The van der Waals surface area contributed by atoms with Crippen LogP contribution in [0.25, 0.3) is 0 Å². The first-order chi connectivity index (χ1) is 12.2. The summed E-state index contributed by atoms with van der Waals surface area (Å²) in [7, 11) is 0. The number of hydrogen-bond acceptors (Lipinski definition) is 7. The molecule has 142 valence electrons. The lowest BCUT2D eigenvalue weighted by molar-refractivity contribution is -0.170. The van der Waals surface area contributed by atoms with Crippen molar-refractivity contribution in [3.8, 4) is 0 Å². The van der Waals surface area contributed by atoms with Crippen molar-refractivity contribution in [1.82, 2.24) is 0 Å². The molecule has 3 rings (SSSR count). The van der Waals surface area contributed by atoms with Crippen molar-refractivity contribution in [1.29, 1.82) is 0 Å². The smallest absolute Gasteiger partial charge is 0.338 e. The first-order valence-corrected chi connectivity index (χ1v) is 8.60. The first kappa shape index (κ1) is 19.0. The fraction of sp³-hybridized carbons (Fsp3) is 0.579.